The van der Waals surface area contributed by atoms with Crippen molar-refractivity contribution in [2.45, 2.75) is 54.9 Å². The van der Waals surface area contributed by atoms with Gasteiger partial charge in [0.25, 0.3) is 0 Å². The molecule has 2 aliphatic rings. The molecule has 0 radical (unpaired) electrons. The maximum absolute atomic E-state index is 11.1. The Labute approximate surface area is 201 Å². The van der Waals surface area contributed by atoms with Crippen LogP contribution in [-0.4, -0.2) is 19.0 Å². The molecule has 1 aliphatic carbocycles. The minimum absolute atomic E-state index is 0.459. The Morgan fingerprint density at radius 3 is 2.39 bits per heavy atom. The van der Waals surface area contributed by atoms with Crippen LogP contribution in [0.1, 0.15) is 66.6 Å². The lowest BCUT2D eigenvalue weighted by atomic mass is 9.83. The third-order valence-electron chi connectivity index (χ3n) is 6.47. The zero-order valence-corrected chi connectivity index (χ0v) is 20.3. The molecule has 170 valence electrons. The summed E-state index contributed by atoms with van der Waals surface area (Å²) in [6.45, 7) is 2.15. The quantitative estimate of drug-likeness (QED) is 0.410. The zero-order valence-electron chi connectivity index (χ0n) is 19.5. The third kappa shape index (κ3) is 5.82. The largest absolute Gasteiger partial charge is 0.313 e. The van der Waals surface area contributed by atoms with Gasteiger partial charge in [-0.2, -0.15) is 0 Å². The van der Waals surface area contributed by atoms with Gasteiger partial charge in [0.1, 0.15) is 6.29 Å². The molecule has 3 aromatic carbocycles. The van der Waals surface area contributed by atoms with Crippen molar-refractivity contribution in [3.8, 4) is 0 Å². The van der Waals surface area contributed by atoms with Crippen molar-refractivity contribution in [2.75, 3.05) is 7.05 Å². The number of aliphatic imine (C=N–C) groups is 1. The van der Waals surface area contributed by atoms with Gasteiger partial charge in [0.2, 0.25) is 0 Å². The van der Waals surface area contributed by atoms with Gasteiger partial charge in [-0.05, 0) is 50.6 Å². The van der Waals surface area contributed by atoms with Crippen molar-refractivity contribution in [3.05, 3.63) is 89.5 Å². The molecule has 1 atom stereocenters. The van der Waals surface area contributed by atoms with Crippen molar-refractivity contribution in [1.82, 2.24) is 5.32 Å². The molecule has 1 saturated carbocycles. The monoisotopic (exact) mass is 456 g/mol. The van der Waals surface area contributed by atoms with Crippen LogP contribution in [0.3, 0.4) is 0 Å². The van der Waals surface area contributed by atoms with Gasteiger partial charge in [0, 0.05) is 32.9 Å². The Morgan fingerprint density at radius 1 is 0.939 bits per heavy atom. The Bertz CT molecular complexity index is 1100. The van der Waals surface area contributed by atoms with E-state index in [1.54, 1.807) is 11.8 Å². The summed E-state index contributed by atoms with van der Waals surface area (Å²) in [6.07, 6.45) is 7.27. The highest BCUT2D eigenvalue weighted by atomic mass is 32.2. The number of hydrogen-bond acceptors (Lipinski definition) is 4. The van der Waals surface area contributed by atoms with Crippen LogP contribution in [-0.2, 0) is 0 Å². The molecular formula is C29H32N2OS. The smallest absolute Gasteiger partial charge is 0.150 e. The van der Waals surface area contributed by atoms with E-state index in [-0.39, 0.29) is 0 Å². The minimum Gasteiger partial charge on any atom is -0.313 e. The van der Waals surface area contributed by atoms with Gasteiger partial charge in [0.05, 0.1) is 11.4 Å². The maximum Gasteiger partial charge on any atom is 0.150 e. The average Bonchev–Trinajstić information content (AvgIpc) is 3.06. The van der Waals surface area contributed by atoms with Crippen molar-refractivity contribution in [3.63, 3.8) is 0 Å². The Kier molecular flexibility index (Phi) is 8.14. The molecule has 1 fully saturated rings. The standard InChI is InChI=1S/C20H19NOS.C9H13N/c22-13-14-10-11-19-17(12-14)21-20(15-6-2-1-3-7-15)16-8-4-5-9-18(16)23-19;1-8(10-2)9-6-4-3-5-7-9/h4-5,8-13,15H,1-3,6-7H2;3-8,10H,1-2H3. The predicted octanol–water partition coefficient (Wildman–Crippen LogP) is 7.63. The lowest BCUT2D eigenvalue weighted by molar-refractivity contribution is 0.112. The number of carbonyl (C=O) groups excluding carboxylic acids is 1. The number of rotatable bonds is 4. The number of nitrogens with one attached hydrogen (secondary N) is 1. The highest BCUT2D eigenvalue weighted by Crippen LogP contribution is 2.43. The van der Waals surface area contributed by atoms with Crippen molar-refractivity contribution in [2.24, 2.45) is 10.9 Å². The molecule has 3 aromatic rings. The minimum atomic E-state index is 0.459. The van der Waals surface area contributed by atoms with Crippen molar-refractivity contribution >= 4 is 29.4 Å². The third-order valence-corrected chi connectivity index (χ3v) is 7.61. The number of nitrogens with zero attached hydrogens (tertiary/aromatic N) is 1. The molecule has 33 heavy (non-hydrogen) atoms. The first-order valence-electron chi connectivity index (χ1n) is 11.9. The van der Waals surface area contributed by atoms with Gasteiger partial charge >= 0.3 is 0 Å². The topological polar surface area (TPSA) is 41.5 Å². The molecule has 1 unspecified atom stereocenters. The Morgan fingerprint density at radius 2 is 1.67 bits per heavy atom. The van der Waals surface area contributed by atoms with Crippen LogP contribution in [0.2, 0.25) is 0 Å². The van der Waals surface area contributed by atoms with Gasteiger partial charge in [-0.15, -0.1) is 0 Å². The highest BCUT2D eigenvalue weighted by molar-refractivity contribution is 7.99. The maximum atomic E-state index is 11.1. The molecule has 1 N–H and O–H groups in total. The van der Waals surface area contributed by atoms with Crippen LogP contribution in [0.25, 0.3) is 0 Å². The van der Waals surface area contributed by atoms with E-state index in [1.807, 2.05) is 31.3 Å². The first kappa shape index (κ1) is 23.5. The Hall–Kier alpha value is -2.69. The fourth-order valence-electron chi connectivity index (χ4n) is 4.45. The van der Waals surface area contributed by atoms with Gasteiger partial charge in [-0.1, -0.05) is 85.6 Å². The van der Waals surface area contributed by atoms with E-state index in [2.05, 4.69) is 60.8 Å². The van der Waals surface area contributed by atoms with E-state index in [0.29, 0.717) is 17.5 Å². The van der Waals surface area contributed by atoms with Crippen molar-refractivity contribution < 1.29 is 4.79 Å². The number of aldehydes is 1. The molecule has 1 heterocycles. The fourth-order valence-corrected chi connectivity index (χ4v) is 5.46. The highest BCUT2D eigenvalue weighted by Gasteiger charge is 2.25. The van der Waals surface area contributed by atoms with Crippen LogP contribution in [0.5, 0.6) is 0 Å². The summed E-state index contributed by atoms with van der Waals surface area (Å²) in [5, 5.41) is 3.18. The number of carbonyl (C=O) groups is 1. The lowest BCUT2D eigenvalue weighted by Crippen LogP contribution is -2.19. The molecule has 0 aromatic heterocycles. The molecule has 0 spiro atoms. The molecule has 3 nitrogen and oxygen atoms in total. The lowest BCUT2D eigenvalue weighted by Gasteiger charge is -2.24. The van der Waals surface area contributed by atoms with E-state index in [0.717, 1.165) is 16.9 Å². The van der Waals surface area contributed by atoms with Gasteiger partial charge < -0.3 is 5.32 Å². The van der Waals surface area contributed by atoms with Crippen LogP contribution in [0.15, 0.2) is 87.6 Å². The molecule has 0 bridgehead atoms. The fraction of sp³-hybridized carbons (Fsp3) is 0.310. The molecule has 0 amide bonds. The van der Waals surface area contributed by atoms with Gasteiger partial charge in [-0.3, -0.25) is 9.79 Å². The summed E-state index contributed by atoms with van der Waals surface area (Å²) < 4.78 is 0. The van der Waals surface area contributed by atoms with Gasteiger partial charge in [-0.25, -0.2) is 0 Å². The molecular weight excluding hydrogens is 424 g/mol. The van der Waals surface area contributed by atoms with E-state index in [9.17, 15) is 4.79 Å². The average molecular weight is 457 g/mol. The first-order valence-corrected chi connectivity index (χ1v) is 12.7. The van der Waals surface area contributed by atoms with E-state index >= 15 is 0 Å². The normalized spacial score (nSPS) is 16.2. The predicted molar refractivity (Wildman–Crippen MR) is 139 cm³/mol. The molecule has 0 saturated heterocycles. The summed E-state index contributed by atoms with van der Waals surface area (Å²) >= 11 is 1.76. The van der Waals surface area contributed by atoms with Crippen LogP contribution in [0.4, 0.5) is 5.69 Å². The summed E-state index contributed by atoms with van der Waals surface area (Å²) in [6, 6.07) is 25.3. The molecule has 1 aliphatic heterocycles. The second-order valence-corrected chi connectivity index (χ2v) is 9.78. The SMILES string of the molecule is CNC(C)c1ccccc1.O=Cc1ccc2c(c1)N=C(C1CCCCC1)c1ccccc1S2. The zero-order chi connectivity index (χ0) is 23.0. The van der Waals surface area contributed by atoms with E-state index < -0.39 is 0 Å². The number of hydrogen-bond donors (Lipinski definition) is 1. The summed E-state index contributed by atoms with van der Waals surface area (Å²) in [7, 11) is 1.97. The first-order chi connectivity index (χ1) is 16.2. The molecule has 5 rings (SSSR count). The summed E-state index contributed by atoms with van der Waals surface area (Å²) in [5.74, 6) is 0.538. The van der Waals surface area contributed by atoms with Crippen LogP contribution >= 0.6 is 11.8 Å². The number of benzene rings is 3. The molecule has 4 heteroatoms. The van der Waals surface area contributed by atoms with Crippen LogP contribution in [0, 0.1) is 5.92 Å². The second-order valence-electron chi connectivity index (χ2n) is 8.70. The Balaban J connectivity index is 0.000000219. The van der Waals surface area contributed by atoms with E-state index in [1.165, 1.54) is 53.8 Å². The van der Waals surface area contributed by atoms with Gasteiger partial charge in [0.15, 0.2) is 0 Å². The summed E-state index contributed by atoms with van der Waals surface area (Å²) in [5.41, 5.74) is 5.46. The van der Waals surface area contributed by atoms with E-state index in [4.69, 9.17) is 4.99 Å². The second kappa shape index (κ2) is 11.4. The number of fused-ring (bicyclic) bond motifs is 2. The van der Waals surface area contributed by atoms with Crippen LogP contribution < -0.4 is 5.32 Å². The van der Waals surface area contributed by atoms with Crippen molar-refractivity contribution in [1.29, 1.82) is 0 Å². The summed E-state index contributed by atoms with van der Waals surface area (Å²) in [4.78, 5) is 18.6.